The predicted molar refractivity (Wildman–Crippen MR) is 89.3 cm³/mol. The van der Waals surface area contributed by atoms with Crippen LogP contribution in [0.5, 0.6) is 0 Å². The Labute approximate surface area is 137 Å². The van der Waals surface area contributed by atoms with Gasteiger partial charge in [0, 0.05) is 25.6 Å². The molecule has 2 spiro atoms. The van der Waals surface area contributed by atoms with Crippen molar-refractivity contribution in [3.05, 3.63) is 35.4 Å². The minimum Gasteiger partial charge on any atom is -0.348 e. The van der Waals surface area contributed by atoms with Crippen molar-refractivity contribution in [2.24, 2.45) is 0 Å². The second-order valence-corrected chi connectivity index (χ2v) is 6.83. The second kappa shape index (κ2) is 5.18. The third-order valence-corrected chi connectivity index (χ3v) is 5.65. The number of carbonyl (C=O) groups excluding carboxylic acids is 1. The fraction of sp³-hybridized carbons (Fsp3) is 0.526. The van der Waals surface area contributed by atoms with E-state index in [0.717, 1.165) is 36.9 Å². The molecule has 1 saturated carbocycles. The maximum Gasteiger partial charge on any atom is 0.237 e. The zero-order chi connectivity index (χ0) is 16.1. The summed E-state index contributed by atoms with van der Waals surface area (Å²) in [6, 6.07) is 6.34. The quantitative estimate of drug-likeness (QED) is 0.799. The number of rotatable bonds is 1. The Kier molecular flexibility index (Phi) is 3.36. The van der Waals surface area contributed by atoms with Crippen molar-refractivity contribution in [3.63, 3.8) is 0 Å². The first-order valence-electron chi connectivity index (χ1n) is 8.44. The third-order valence-electron chi connectivity index (χ3n) is 5.65. The Morgan fingerprint density at radius 2 is 1.83 bits per heavy atom. The maximum absolute atomic E-state index is 13.0. The van der Waals surface area contributed by atoms with Crippen LogP contribution in [0.4, 0.5) is 5.69 Å². The van der Waals surface area contributed by atoms with E-state index >= 15 is 0 Å². The molecule has 0 radical (unpaired) electrons. The minimum atomic E-state index is -0.437. The van der Waals surface area contributed by atoms with E-state index in [1.807, 2.05) is 24.9 Å². The van der Waals surface area contributed by atoms with E-state index in [1.54, 1.807) is 0 Å². The Morgan fingerprint density at radius 3 is 2.48 bits per heavy atom. The molecule has 3 aliphatic rings. The van der Waals surface area contributed by atoms with E-state index in [-0.39, 0.29) is 5.91 Å². The van der Waals surface area contributed by atoms with Crippen LogP contribution >= 0.6 is 0 Å². The van der Waals surface area contributed by atoms with E-state index in [1.165, 1.54) is 5.56 Å². The molecule has 1 saturated heterocycles. The van der Waals surface area contributed by atoms with Gasteiger partial charge < -0.3 is 14.4 Å². The van der Waals surface area contributed by atoms with Crippen molar-refractivity contribution in [1.29, 1.82) is 0 Å². The number of ether oxygens (including phenoxy) is 2. The van der Waals surface area contributed by atoms with Crippen LogP contribution in [0.25, 0.3) is 6.08 Å². The second-order valence-electron chi connectivity index (χ2n) is 6.83. The van der Waals surface area contributed by atoms with Gasteiger partial charge in [0.1, 0.15) is 0 Å². The molecule has 0 N–H and O–H groups in total. The van der Waals surface area contributed by atoms with Crippen molar-refractivity contribution in [2.45, 2.75) is 43.8 Å². The number of allylic oxidation sites excluding steroid dienone is 1. The summed E-state index contributed by atoms with van der Waals surface area (Å²) >= 11 is 0. The summed E-state index contributed by atoms with van der Waals surface area (Å²) in [7, 11) is 1.89. The molecule has 0 unspecified atom stereocenters. The fourth-order valence-corrected chi connectivity index (χ4v) is 4.40. The number of likely N-dealkylation sites (N-methyl/N-ethyl adjacent to an activating group) is 1. The van der Waals surface area contributed by atoms with Gasteiger partial charge >= 0.3 is 0 Å². The maximum atomic E-state index is 13.0. The SMILES string of the molecule is C/C=C/c1ccc2c(c1)C1(CCC3(CC1)OCCO3)C(=O)N2C. The Bertz CT molecular complexity index is 663. The number of benzene rings is 1. The molecular formula is C19H23NO3. The molecule has 0 bridgehead atoms. The third kappa shape index (κ3) is 2.08. The molecular weight excluding hydrogens is 290 g/mol. The van der Waals surface area contributed by atoms with Crippen LogP contribution in [0.3, 0.4) is 0 Å². The smallest absolute Gasteiger partial charge is 0.237 e. The van der Waals surface area contributed by atoms with E-state index < -0.39 is 11.2 Å². The average Bonchev–Trinajstić information content (AvgIpc) is 3.10. The van der Waals surface area contributed by atoms with Gasteiger partial charge in [0.2, 0.25) is 5.91 Å². The van der Waals surface area contributed by atoms with Gasteiger partial charge in [0.15, 0.2) is 5.79 Å². The highest BCUT2D eigenvalue weighted by atomic mass is 16.7. The van der Waals surface area contributed by atoms with Gasteiger partial charge in [-0.2, -0.15) is 0 Å². The molecule has 0 atom stereocenters. The van der Waals surface area contributed by atoms with Crippen molar-refractivity contribution >= 4 is 17.7 Å². The highest BCUT2D eigenvalue weighted by Crippen LogP contribution is 2.53. The van der Waals surface area contributed by atoms with Gasteiger partial charge in [-0.3, -0.25) is 4.79 Å². The lowest BCUT2D eigenvalue weighted by Crippen LogP contribution is -2.47. The van der Waals surface area contributed by atoms with Crippen LogP contribution < -0.4 is 4.90 Å². The molecule has 2 fully saturated rings. The standard InChI is InChI=1S/C19H23NO3/c1-3-4-14-5-6-16-15(13-14)18(17(21)20(16)2)7-9-19(10-8-18)22-11-12-23-19/h3-6,13H,7-12H2,1-2H3/b4-3+. The van der Waals surface area contributed by atoms with Gasteiger partial charge in [-0.25, -0.2) is 0 Å². The molecule has 4 rings (SSSR count). The summed E-state index contributed by atoms with van der Waals surface area (Å²) in [5.74, 6) is -0.216. The van der Waals surface area contributed by atoms with Crippen LogP contribution in [0.15, 0.2) is 24.3 Å². The first-order chi connectivity index (χ1) is 11.1. The minimum absolute atomic E-state index is 0.220. The lowest BCUT2D eigenvalue weighted by Gasteiger charge is -2.40. The van der Waals surface area contributed by atoms with Gasteiger partial charge in [-0.05, 0) is 43.0 Å². The zero-order valence-electron chi connectivity index (χ0n) is 13.8. The van der Waals surface area contributed by atoms with E-state index in [9.17, 15) is 4.79 Å². The van der Waals surface area contributed by atoms with Gasteiger partial charge in [-0.1, -0.05) is 18.2 Å². The van der Waals surface area contributed by atoms with E-state index in [4.69, 9.17) is 9.47 Å². The van der Waals surface area contributed by atoms with Crippen molar-refractivity contribution in [3.8, 4) is 0 Å². The van der Waals surface area contributed by atoms with Crippen LogP contribution in [-0.4, -0.2) is 32.0 Å². The first-order valence-corrected chi connectivity index (χ1v) is 8.44. The molecule has 23 heavy (non-hydrogen) atoms. The lowest BCUT2D eigenvalue weighted by atomic mass is 9.68. The number of fused-ring (bicyclic) bond motifs is 2. The highest BCUT2D eigenvalue weighted by molar-refractivity contribution is 6.08. The van der Waals surface area contributed by atoms with Crippen molar-refractivity contribution in [1.82, 2.24) is 0 Å². The normalized spacial score (nSPS) is 25.0. The van der Waals surface area contributed by atoms with E-state index in [0.29, 0.717) is 13.2 Å². The molecule has 4 heteroatoms. The summed E-state index contributed by atoms with van der Waals surface area (Å²) in [6.45, 7) is 3.35. The Morgan fingerprint density at radius 1 is 1.13 bits per heavy atom. The summed E-state index contributed by atoms with van der Waals surface area (Å²) in [6.07, 6.45) is 7.29. The van der Waals surface area contributed by atoms with Gasteiger partial charge in [0.05, 0.1) is 18.6 Å². The molecule has 2 aliphatic heterocycles. The number of hydrogen-bond donors (Lipinski definition) is 0. The number of nitrogens with zero attached hydrogens (tertiary/aromatic N) is 1. The molecule has 1 aromatic carbocycles. The largest absolute Gasteiger partial charge is 0.348 e. The molecule has 4 nitrogen and oxygen atoms in total. The van der Waals surface area contributed by atoms with Crippen LogP contribution in [-0.2, 0) is 19.7 Å². The molecule has 122 valence electrons. The zero-order valence-corrected chi connectivity index (χ0v) is 13.8. The van der Waals surface area contributed by atoms with Gasteiger partial charge in [0.25, 0.3) is 0 Å². The summed E-state index contributed by atoms with van der Waals surface area (Å²) in [5.41, 5.74) is 2.98. The number of carbonyl (C=O) groups is 1. The molecule has 1 aliphatic carbocycles. The Balaban J connectivity index is 1.72. The highest BCUT2D eigenvalue weighted by Gasteiger charge is 2.55. The van der Waals surface area contributed by atoms with E-state index in [2.05, 4.69) is 24.3 Å². The molecule has 1 aromatic rings. The summed E-state index contributed by atoms with van der Waals surface area (Å²) < 4.78 is 11.7. The number of hydrogen-bond acceptors (Lipinski definition) is 3. The fourth-order valence-electron chi connectivity index (χ4n) is 4.40. The first kappa shape index (κ1) is 14.9. The van der Waals surface area contributed by atoms with Crippen LogP contribution in [0, 0.1) is 0 Å². The average molecular weight is 313 g/mol. The van der Waals surface area contributed by atoms with Crippen molar-refractivity contribution < 1.29 is 14.3 Å². The molecule has 0 aromatic heterocycles. The van der Waals surface area contributed by atoms with Crippen LogP contribution in [0.2, 0.25) is 0 Å². The topological polar surface area (TPSA) is 38.8 Å². The molecule has 1 amide bonds. The predicted octanol–water partition coefficient (Wildman–Crippen LogP) is 3.25. The number of amides is 1. The van der Waals surface area contributed by atoms with Gasteiger partial charge in [-0.15, -0.1) is 0 Å². The summed E-state index contributed by atoms with van der Waals surface area (Å²) in [5, 5.41) is 0. The monoisotopic (exact) mass is 313 g/mol. The number of anilines is 1. The lowest BCUT2D eigenvalue weighted by molar-refractivity contribution is -0.185. The Hall–Kier alpha value is -1.65. The van der Waals surface area contributed by atoms with Crippen molar-refractivity contribution in [2.75, 3.05) is 25.2 Å². The molecule has 2 heterocycles. The summed E-state index contributed by atoms with van der Waals surface area (Å²) in [4.78, 5) is 14.9. The van der Waals surface area contributed by atoms with Crippen LogP contribution in [0.1, 0.15) is 43.7 Å².